The van der Waals surface area contributed by atoms with Gasteiger partial charge in [0, 0.05) is 6.54 Å². The van der Waals surface area contributed by atoms with Crippen molar-refractivity contribution in [3.63, 3.8) is 0 Å². The molecule has 0 aliphatic rings. The number of hydrogen-bond acceptors (Lipinski definition) is 4. The number of benzene rings is 1. The van der Waals surface area contributed by atoms with Crippen molar-refractivity contribution >= 4 is 16.0 Å². The number of esters is 1. The summed E-state index contributed by atoms with van der Waals surface area (Å²) in [6.45, 7) is 7.71. The van der Waals surface area contributed by atoms with Gasteiger partial charge in [0.05, 0.1) is 12.0 Å². The number of nitrogens with zero attached hydrogens (tertiary/aromatic N) is 1. The van der Waals surface area contributed by atoms with Crippen LogP contribution in [-0.2, 0) is 19.6 Å². The van der Waals surface area contributed by atoms with E-state index in [-0.39, 0.29) is 17.4 Å². The van der Waals surface area contributed by atoms with Crippen molar-refractivity contribution in [1.82, 2.24) is 4.31 Å². The van der Waals surface area contributed by atoms with E-state index < -0.39 is 22.0 Å². The first-order chi connectivity index (χ1) is 10.8. The Labute approximate surface area is 139 Å². The highest BCUT2D eigenvalue weighted by Crippen LogP contribution is 2.23. The molecule has 128 valence electrons. The lowest BCUT2D eigenvalue weighted by molar-refractivity contribution is -0.145. The van der Waals surface area contributed by atoms with Gasteiger partial charge in [-0.15, -0.1) is 6.58 Å². The average molecular weight is 339 g/mol. The van der Waals surface area contributed by atoms with E-state index in [1.807, 2.05) is 13.8 Å². The number of rotatable bonds is 9. The maximum atomic E-state index is 13.0. The molecule has 0 aromatic heterocycles. The second-order valence-corrected chi connectivity index (χ2v) is 7.57. The molecule has 0 spiro atoms. The molecule has 0 saturated heterocycles. The fraction of sp³-hybridized carbons (Fsp3) is 0.471. The summed E-state index contributed by atoms with van der Waals surface area (Å²) < 4.78 is 32.0. The molecule has 0 radical (unpaired) electrons. The molecule has 0 fully saturated rings. The van der Waals surface area contributed by atoms with Crippen LogP contribution in [0.3, 0.4) is 0 Å². The van der Waals surface area contributed by atoms with Crippen LogP contribution in [-0.4, -0.2) is 38.4 Å². The van der Waals surface area contributed by atoms with E-state index in [0.717, 1.165) is 0 Å². The molecule has 0 bridgehead atoms. The smallest absolute Gasteiger partial charge is 0.324 e. The maximum absolute atomic E-state index is 13.0. The summed E-state index contributed by atoms with van der Waals surface area (Å²) in [5, 5.41) is 0. The minimum absolute atomic E-state index is 0.149. The molecule has 1 aromatic rings. The molecule has 6 heteroatoms. The van der Waals surface area contributed by atoms with Crippen molar-refractivity contribution in [3.05, 3.63) is 43.0 Å². The van der Waals surface area contributed by atoms with Gasteiger partial charge in [0.1, 0.15) is 6.04 Å². The van der Waals surface area contributed by atoms with Crippen LogP contribution >= 0.6 is 0 Å². The highest BCUT2D eigenvalue weighted by atomic mass is 32.2. The Morgan fingerprint density at radius 3 is 2.39 bits per heavy atom. The lowest BCUT2D eigenvalue weighted by Crippen LogP contribution is -2.46. The Morgan fingerprint density at radius 2 is 1.91 bits per heavy atom. The average Bonchev–Trinajstić information content (AvgIpc) is 2.53. The summed E-state index contributed by atoms with van der Waals surface area (Å²) in [7, 11) is -2.51. The van der Waals surface area contributed by atoms with Crippen LogP contribution in [0.4, 0.5) is 0 Å². The van der Waals surface area contributed by atoms with Crippen molar-refractivity contribution in [2.45, 2.75) is 37.6 Å². The number of hydrogen-bond donors (Lipinski definition) is 0. The summed E-state index contributed by atoms with van der Waals surface area (Å²) >= 11 is 0. The van der Waals surface area contributed by atoms with Gasteiger partial charge in [-0.1, -0.05) is 38.1 Å². The normalized spacial score (nSPS) is 13.1. The molecular weight excluding hydrogens is 314 g/mol. The van der Waals surface area contributed by atoms with Gasteiger partial charge in [-0.25, -0.2) is 8.42 Å². The van der Waals surface area contributed by atoms with Gasteiger partial charge in [0.25, 0.3) is 0 Å². The topological polar surface area (TPSA) is 63.7 Å². The third-order valence-electron chi connectivity index (χ3n) is 3.42. The molecule has 0 amide bonds. The van der Waals surface area contributed by atoms with Gasteiger partial charge in [-0.2, -0.15) is 4.31 Å². The number of ether oxygens (including phenoxy) is 1. The van der Waals surface area contributed by atoms with Gasteiger partial charge in [0.2, 0.25) is 10.0 Å². The predicted octanol–water partition coefficient (Wildman–Crippen LogP) is 2.84. The lowest BCUT2D eigenvalue weighted by atomic mass is 10.0. The summed E-state index contributed by atoms with van der Waals surface area (Å²) in [6, 6.07) is 7.28. The van der Waals surface area contributed by atoms with Gasteiger partial charge in [0.15, 0.2) is 0 Å². The standard InChI is InChI=1S/C17H25NO4S/c1-5-6-12-18(16(13-14(2)3)17(19)22-4)23(20,21)15-10-8-7-9-11-15/h5,7-11,14,16H,1,6,12-13H2,2-4H3/t16-/m0/s1. The highest BCUT2D eigenvalue weighted by molar-refractivity contribution is 7.89. The van der Waals surface area contributed by atoms with Crippen LogP contribution in [0.2, 0.25) is 0 Å². The molecule has 1 atom stereocenters. The molecule has 0 heterocycles. The van der Waals surface area contributed by atoms with Crippen molar-refractivity contribution in [2.75, 3.05) is 13.7 Å². The second-order valence-electron chi connectivity index (χ2n) is 5.67. The van der Waals surface area contributed by atoms with E-state index in [1.54, 1.807) is 24.3 Å². The Bertz CT molecular complexity index is 611. The van der Waals surface area contributed by atoms with Crippen LogP contribution in [0.15, 0.2) is 47.9 Å². The second kappa shape index (κ2) is 8.84. The highest BCUT2D eigenvalue weighted by Gasteiger charge is 2.36. The zero-order chi connectivity index (χ0) is 17.5. The first-order valence-electron chi connectivity index (χ1n) is 7.60. The number of sulfonamides is 1. The van der Waals surface area contributed by atoms with E-state index in [1.165, 1.54) is 23.5 Å². The van der Waals surface area contributed by atoms with Gasteiger partial charge in [-0.05, 0) is 30.9 Å². The Balaban J connectivity index is 3.29. The fourth-order valence-electron chi connectivity index (χ4n) is 2.30. The largest absolute Gasteiger partial charge is 0.468 e. The van der Waals surface area contributed by atoms with Crippen LogP contribution in [0, 0.1) is 5.92 Å². The van der Waals surface area contributed by atoms with Crippen LogP contribution < -0.4 is 0 Å². The van der Waals surface area contributed by atoms with Crippen LogP contribution in [0.25, 0.3) is 0 Å². The van der Waals surface area contributed by atoms with E-state index in [0.29, 0.717) is 12.8 Å². The summed E-state index contributed by atoms with van der Waals surface area (Å²) in [4.78, 5) is 12.3. The first-order valence-corrected chi connectivity index (χ1v) is 9.04. The van der Waals surface area contributed by atoms with Gasteiger partial charge < -0.3 is 4.74 Å². The monoisotopic (exact) mass is 339 g/mol. The van der Waals surface area contributed by atoms with E-state index in [4.69, 9.17) is 4.74 Å². The molecule has 1 rings (SSSR count). The fourth-order valence-corrected chi connectivity index (χ4v) is 3.93. The van der Waals surface area contributed by atoms with E-state index >= 15 is 0 Å². The van der Waals surface area contributed by atoms with Crippen molar-refractivity contribution in [3.8, 4) is 0 Å². The Kier molecular flexibility index (Phi) is 7.45. The predicted molar refractivity (Wildman–Crippen MR) is 90.4 cm³/mol. The zero-order valence-corrected chi connectivity index (χ0v) is 14.8. The molecule has 1 aromatic carbocycles. The van der Waals surface area contributed by atoms with E-state index in [2.05, 4.69) is 6.58 Å². The third kappa shape index (κ3) is 5.18. The van der Waals surface area contributed by atoms with Crippen LogP contribution in [0.1, 0.15) is 26.7 Å². The molecule has 0 unspecified atom stereocenters. The lowest BCUT2D eigenvalue weighted by Gasteiger charge is -2.30. The quantitative estimate of drug-likeness (QED) is 0.513. The summed E-state index contributed by atoms with van der Waals surface area (Å²) in [5.41, 5.74) is 0. The number of carbonyl (C=O) groups excluding carboxylic acids is 1. The minimum atomic E-state index is -3.79. The zero-order valence-electron chi connectivity index (χ0n) is 13.9. The molecule has 23 heavy (non-hydrogen) atoms. The maximum Gasteiger partial charge on any atom is 0.324 e. The van der Waals surface area contributed by atoms with Crippen molar-refractivity contribution < 1.29 is 17.9 Å². The Hall–Kier alpha value is -1.66. The molecule has 5 nitrogen and oxygen atoms in total. The van der Waals surface area contributed by atoms with Crippen LogP contribution in [0.5, 0.6) is 0 Å². The Morgan fingerprint density at radius 1 is 1.30 bits per heavy atom. The van der Waals surface area contributed by atoms with E-state index in [9.17, 15) is 13.2 Å². The summed E-state index contributed by atoms with van der Waals surface area (Å²) in [5.74, 6) is -0.390. The van der Waals surface area contributed by atoms with Crippen molar-refractivity contribution in [2.24, 2.45) is 5.92 Å². The van der Waals surface area contributed by atoms with Crippen molar-refractivity contribution in [1.29, 1.82) is 0 Å². The molecule has 0 aliphatic carbocycles. The van der Waals surface area contributed by atoms with Gasteiger partial charge >= 0.3 is 5.97 Å². The SMILES string of the molecule is C=CCCN([C@@H](CC(C)C)C(=O)OC)S(=O)(=O)c1ccccc1. The third-order valence-corrected chi connectivity index (χ3v) is 5.34. The summed E-state index contributed by atoms with van der Waals surface area (Å²) in [6.07, 6.45) is 2.49. The number of carbonyl (C=O) groups is 1. The number of methoxy groups -OCH3 is 1. The first kappa shape index (κ1) is 19.4. The molecular formula is C17H25NO4S. The minimum Gasteiger partial charge on any atom is -0.468 e. The molecule has 0 aliphatic heterocycles. The molecule has 0 saturated carbocycles. The molecule has 0 N–H and O–H groups in total. The van der Waals surface area contributed by atoms with Gasteiger partial charge in [-0.3, -0.25) is 4.79 Å².